The summed E-state index contributed by atoms with van der Waals surface area (Å²) in [5.74, 6) is 1.03. The molecule has 4 nitrogen and oxygen atoms in total. The molecule has 1 aliphatic rings. The van der Waals surface area contributed by atoms with Crippen molar-refractivity contribution < 1.29 is 5.11 Å². The molecule has 0 unspecified atom stereocenters. The molecule has 0 saturated carbocycles. The zero-order valence-corrected chi connectivity index (χ0v) is 10.7. The summed E-state index contributed by atoms with van der Waals surface area (Å²) in [6.45, 7) is 4.98. The Bertz CT molecular complexity index is 323. The molecule has 1 fully saturated rings. The van der Waals surface area contributed by atoms with Crippen molar-refractivity contribution in [3.05, 3.63) is 22.8 Å². The second-order valence-electron chi connectivity index (χ2n) is 3.89. The number of nitrogens with zero attached hydrogens (tertiary/aromatic N) is 3. The summed E-state index contributed by atoms with van der Waals surface area (Å²) in [7, 11) is 0. The van der Waals surface area contributed by atoms with Gasteiger partial charge >= 0.3 is 0 Å². The van der Waals surface area contributed by atoms with Crippen LogP contribution >= 0.6 is 15.9 Å². The van der Waals surface area contributed by atoms with Gasteiger partial charge in [-0.15, -0.1) is 0 Å². The van der Waals surface area contributed by atoms with Gasteiger partial charge in [-0.05, 0) is 28.1 Å². The Morgan fingerprint density at radius 1 is 1.25 bits per heavy atom. The van der Waals surface area contributed by atoms with Gasteiger partial charge < -0.3 is 10.0 Å². The van der Waals surface area contributed by atoms with Crippen LogP contribution in [0.2, 0.25) is 0 Å². The molecule has 88 valence electrons. The van der Waals surface area contributed by atoms with E-state index in [0.717, 1.165) is 43.0 Å². The van der Waals surface area contributed by atoms with Gasteiger partial charge in [0.1, 0.15) is 5.82 Å². The lowest BCUT2D eigenvalue weighted by Crippen LogP contribution is -2.47. The smallest absolute Gasteiger partial charge is 0.128 e. The number of hydrogen-bond donors (Lipinski definition) is 1. The van der Waals surface area contributed by atoms with Crippen LogP contribution in [-0.4, -0.2) is 54.3 Å². The fraction of sp³-hybridized carbons (Fsp3) is 0.545. The van der Waals surface area contributed by atoms with E-state index in [1.165, 1.54) is 0 Å². The topological polar surface area (TPSA) is 39.6 Å². The number of piperazine rings is 1. The number of hydrogen-bond acceptors (Lipinski definition) is 4. The SMILES string of the molecule is OCCN1CCN(c2ccc(Br)cn2)CC1. The summed E-state index contributed by atoms with van der Waals surface area (Å²) >= 11 is 3.38. The van der Waals surface area contributed by atoms with E-state index in [1.807, 2.05) is 18.3 Å². The molecule has 5 heteroatoms. The molecule has 16 heavy (non-hydrogen) atoms. The summed E-state index contributed by atoms with van der Waals surface area (Å²) in [4.78, 5) is 8.94. The van der Waals surface area contributed by atoms with Crippen molar-refractivity contribution in [1.82, 2.24) is 9.88 Å². The summed E-state index contributed by atoms with van der Waals surface area (Å²) in [5.41, 5.74) is 0. The lowest BCUT2D eigenvalue weighted by atomic mass is 10.3. The average Bonchev–Trinajstić information content (AvgIpc) is 2.32. The largest absolute Gasteiger partial charge is 0.395 e. The van der Waals surface area contributed by atoms with Crippen LogP contribution in [0.3, 0.4) is 0 Å². The fourth-order valence-corrected chi connectivity index (χ4v) is 2.13. The molecule has 0 spiro atoms. The van der Waals surface area contributed by atoms with Gasteiger partial charge in [0.05, 0.1) is 6.61 Å². The van der Waals surface area contributed by atoms with Crippen LogP contribution in [0.15, 0.2) is 22.8 Å². The first kappa shape index (κ1) is 11.8. The Hall–Kier alpha value is -0.650. The standard InChI is InChI=1S/C11H16BrN3O/c12-10-1-2-11(13-9-10)15-5-3-14(4-6-15)7-8-16/h1-2,9,16H,3-8H2. The van der Waals surface area contributed by atoms with Gasteiger partial charge in [-0.25, -0.2) is 4.98 Å². The van der Waals surface area contributed by atoms with E-state index in [1.54, 1.807) is 0 Å². The van der Waals surface area contributed by atoms with Gasteiger partial charge in [0.15, 0.2) is 0 Å². The number of anilines is 1. The molecule has 0 aromatic carbocycles. The summed E-state index contributed by atoms with van der Waals surface area (Å²) in [6.07, 6.45) is 1.83. The first-order valence-corrected chi connectivity index (χ1v) is 6.28. The molecule has 1 aliphatic heterocycles. The van der Waals surface area contributed by atoms with Crippen LogP contribution in [-0.2, 0) is 0 Å². The van der Waals surface area contributed by atoms with Crippen LogP contribution < -0.4 is 4.90 Å². The highest BCUT2D eigenvalue weighted by Gasteiger charge is 2.16. The molecular formula is C11H16BrN3O. The molecule has 0 bridgehead atoms. The van der Waals surface area contributed by atoms with E-state index in [4.69, 9.17) is 5.11 Å². The molecule has 0 amide bonds. The number of halogens is 1. The van der Waals surface area contributed by atoms with Crippen LogP contribution in [0.5, 0.6) is 0 Å². The third-order valence-electron chi connectivity index (χ3n) is 2.82. The molecule has 1 N–H and O–H groups in total. The zero-order valence-electron chi connectivity index (χ0n) is 9.14. The highest BCUT2D eigenvalue weighted by Crippen LogP contribution is 2.16. The predicted octanol–water partition coefficient (Wildman–Crippen LogP) is 0.958. The highest BCUT2D eigenvalue weighted by molar-refractivity contribution is 9.10. The van der Waals surface area contributed by atoms with E-state index in [-0.39, 0.29) is 6.61 Å². The number of aliphatic hydroxyl groups is 1. The molecule has 1 aromatic heterocycles. The van der Waals surface area contributed by atoms with E-state index in [0.29, 0.717) is 0 Å². The average molecular weight is 286 g/mol. The van der Waals surface area contributed by atoms with E-state index < -0.39 is 0 Å². The van der Waals surface area contributed by atoms with Crippen molar-refractivity contribution in [2.24, 2.45) is 0 Å². The lowest BCUT2D eigenvalue weighted by molar-refractivity contribution is 0.188. The number of pyridine rings is 1. The third kappa shape index (κ3) is 2.93. The van der Waals surface area contributed by atoms with Gasteiger partial charge in [0.2, 0.25) is 0 Å². The fourth-order valence-electron chi connectivity index (χ4n) is 1.90. The number of rotatable bonds is 3. The van der Waals surface area contributed by atoms with Crippen molar-refractivity contribution in [3.8, 4) is 0 Å². The number of aromatic nitrogens is 1. The molecule has 2 heterocycles. The van der Waals surface area contributed by atoms with Gasteiger partial charge in [-0.2, -0.15) is 0 Å². The number of aliphatic hydroxyl groups excluding tert-OH is 1. The summed E-state index contributed by atoms with van der Waals surface area (Å²) in [5, 5.41) is 8.86. The van der Waals surface area contributed by atoms with Crippen LogP contribution in [0.25, 0.3) is 0 Å². The molecule has 0 aliphatic carbocycles. The highest BCUT2D eigenvalue weighted by atomic mass is 79.9. The third-order valence-corrected chi connectivity index (χ3v) is 3.29. The second kappa shape index (κ2) is 5.61. The Balaban J connectivity index is 1.91. The minimum atomic E-state index is 0.247. The van der Waals surface area contributed by atoms with Crippen molar-refractivity contribution >= 4 is 21.7 Å². The second-order valence-corrected chi connectivity index (χ2v) is 4.80. The predicted molar refractivity (Wildman–Crippen MR) is 67.7 cm³/mol. The van der Waals surface area contributed by atoms with Crippen LogP contribution in [0.1, 0.15) is 0 Å². The quantitative estimate of drug-likeness (QED) is 0.898. The molecule has 2 rings (SSSR count). The maximum Gasteiger partial charge on any atom is 0.128 e. The van der Waals surface area contributed by atoms with Crippen LogP contribution in [0, 0.1) is 0 Å². The summed E-state index contributed by atoms with van der Waals surface area (Å²) in [6, 6.07) is 4.05. The Morgan fingerprint density at radius 3 is 2.56 bits per heavy atom. The molecule has 0 radical (unpaired) electrons. The maximum atomic E-state index is 8.86. The van der Waals surface area contributed by atoms with Gasteiger partial charge in [-0.1, -0.05) is 0 Å². The molecule has 1 saturated heterocycles. The normalized spacial score (nSPS) is 17.8. The molecular weight excluding hydrogens is 270 g/mol. The molecule has 1 aromatic rings. The van der Waals surface area contributed by atoms with Gasteiger partial charge in [-0.3, -0.25) is 4.90 Å². The minimum Gasteiger partial charge on any atom is -0.395 e. The van der Waals surface area contributed by atoms with Gasteiger partial charge in [0, 0.05) is 43.4 Å². The van der Waals surface area contributed by atoms with Crippen molar-refractivity contribution in [2.45, 2.75) is 0 Å². The van der Waals surface area contributed by atoms with Crippen molar-refractivity contribution in [3.63, 3.8) is 0 Å². The van der Waals surface area contributed by atoms with E-state index in [9.17, 15) is 0 Å². The zero-order chi connectivity index (χ0) is 11.4. The lowest BCUT2D eigenvalue weighted by Gasteiger charge is -2.35. The van der Waals surface area contributed by atoms with Crippen molar-refractivity contribution in [2.75, 3.05) is 44.2 Å². The monoisotopic (exact) mass is 285 g/mol. The Labute approximate surface area is 104 Å². The first-order valence-electron chi connectivity index (χ1n) is 5.49. The minimum absolute atomic E-state index is 0.247. The first-order chi connectivity index (χ1) is 7.79. The van der Waals surface area contributed by atoms with Crippen molar-refractivity contribution in [1.29, 1.82) is 0 Å². The van der Waals surface area contributed by atoms with Gasteiger partial charge in [0.25, 0.3) is 0 Å². The number of β-amino-alcohol motifs (C(OH)–C–C–N with tert-alkyl or cyclic N) is 1. The summed E-state index contributed by atoms with van der Waals surface area (Å²) < 4.78 is 1.01. The molecule has 0 atom stereocenters. The Morgan fingerprint density at radius 2 is 2.00 bits per heavy atom. The Kier molecular flexibility index (Phi) is 4.15. The van der Waals surface area contributed by atoms with Crippen LogP contribution in [0.4, 0.5) is 5.82 Å². The maximum absolute atomic E-state index is 8.86. The van der Waals surface area contributed by atoms with E-state index in [2.05, 4.69) is 30.7 Å². The van der Waals surface area contributed by atoms with E-state index >= 15 is 0 Å².